The first-order chi connectivity index (χ1) is 11.6. The van der Waals surface area contributed by atoms with E-state index in [4.69, 9.17) is 4.74 Å². The van der Waals surface area contributed by atoms with Gasteiger partial charge >= 0.3 is 0 Å². The second kappa shape index (κ2) is 7.50. The molecule has 1 atom stereocenters. The third-order valence-corrected chi connectivity index (χ3v) is 5.23. The van der Waals surface area contributed by atoms with E-state index in [1.54, 1.807) is 0 Å². The van der Waals surface area contributed by atoms with Crippen LogP contribution in [0.25, 0.3) is 0 Å². The van der Waals surface area contributed by atoms with Crippen molar-refractivity contribution in [2.24, 2.45) is 0 Å². The van der Waals surface area contributed by atoms with Crippen molar-refractivity contribution in [3.8, 4) is 0 Å². The second-order valence-electron chi connectivity index (χ2n) is 7.44. The van der Waals surface area contributed by atoms with Gasteiger partial charge in [-0.2, -0.15) is 0 Å². The molecule has 1 aliphatic heterocycles. The fraction of sp³-hybridized carbons (Fsp3) is 0.455. The van der Waals surface area contributed by atoms with Gasteiger partial charge in [-0.3, -0.25) is 0 Å². The average molecular weight is 324 g/mol. The molecular formula is C22H28O2. The van der Waals surface area contributed by atoms with Crippen LogP contribution in [0.1, 0.15) is 43.7 Å². The first kappa shape index (κ1) is 17.2. The number of aryl methyl sites for hydroxylation is 2. The molecule has 2 aromatic rings. The summed E-state index contributed by atoms with van der Waals surface area (Å²) < 4.78 is 6.27. The number of aliphatic hydroxyl groups is 1. The van der Waals surface area contributed by atoms with Gasteiger partial charge in [0.25, 0.3) is 0 Å². The van der Waals surface area contributed by atoms with Crippen LogP contribution < -0.4 is 0 Å². The molecule has 0 saturated carbocycles. The van der Waals surface area contributed by atoms with E-state index < -0.39 is 5.60 Å². The molecular weight excluding hydrogens is 296 g/mol. The van der Waals surface area contributed by atoms with Crippen molar-refractivity contribution in [1.29, 1.82) is 0 Å². The van der Waals surface area contributed by atoms with Crippen molar-refractivity contribution in [3.05, 3.63) is 71.8 Å². The summed E-state index contributed by atoms with van der Waals surface area (Å²) in [5.74, 6) is 0. The van der Waals surface area contributed by atoms with E-state index in [1.165, 1.54) is 11.1 Å². The summed E-state index contributed by atoms with van der Waals surface area (Å²) in [6.07, 6.45) is 5.83. The molecule has 2 heteroatoms. The molecule has 0 aromatic heterocycles. The first-order valence-electron chi connectivity index (χ1n) is 9.01. The Morgan fingerprint density at radius 2 is 1.33 bits per heavy atom. The predicted octanol–water partition coefficient (Wildman–Crippen LogP) is 4.55. The number of rotatable bonds is 6. The van der Waals surface area contributed by atoms with Crippen molar-refractivity contribution in [2.75, 3.05) is 6.61 Å². The number of ether oxygens (including phenoxy) is 1. The van der Waals surface area contributed by atoms with E-state index >= 15 is 0 Å². The minimum absolute atomic E-state index is 0.117. The van der Waals surface area contributed by atoms with Gasteiger partial charge < -0.3 is 9.84 Å². The molecule has 1 fully saturated rings. The zero-order valence-corrected chi connectivity index (χ0v) is 14.6. The van der Waals surface area contributed by atoms with Crippen molar-refractivity contribution < 1.29 is 9.84 Å². The molecule has 1 aliphatic rings. The molecule has 1 N–H and O–H groups in total. The molecule has 1 saturated heterocycles. The third kappa shape index (κ3) is 4.68. The lowest BCUT2D eigenvalue weighted by Crippen LogP contribution is -2.47. The van der Waals surface area contributed by atoms with Crippen LogP contribution in [0.4, 0.5) is 0 Å². The van der Waals surface area contributed by atoms with E-state index in [1.807, 2.05) is 6.92 Å². The second-order valence-corrected chi connectivity index (χ2v) is 7.44. The lowest BCUT2D eigenvalue weighted by atomic mass is 9.80. The highest BCUT2D eigenvalue weighted by Gasteiger charge is 2.39. The van der Waals surface area contributed by atoms with Crippen LogP contribution in [0.2, 0.25) is 0 Å². The lowest BCUT2D eigenvalue weighted by Gasteiger charge is -2.43. The van der Waals surface area contributed by atoms with Crippen LogP contribution in [-0.4, -0.2) is 22.9 Å². The largest absolute Gasteiger partial charge is 0.388 e. The minimum Gasteiger partial charge on any atom is -0.388 e. The van der Waals surface area contributed by atoms with Gasteiger partial charge in [0.05, 0.1) is 17.8 Å². The maximum Gasteiger partial charge on any atom is 0.0853 e. The predicted molar refractivity (Wildman–Crippen MR) is 98.1 cm³/mol. The van der Waals surface area contributed by atoms with E-state index in [2.05, 4.69) is 60.7 Å². The molecule has 2 aromatic carbocycles. The van der Waals surface area contributed by atoms with Crippen molar-refractivity contribution >= 4 is 0 Å². The van der Waals surface area contributed by atoms with Crippen molar-refractivity contribution in [2.45, 2.75) is 56.7 Å². The van der Waals surface area contributed by atoms with Crippen LogP contribution in [-0.2, 0) is 17.6 Å². The monoisotopic (exact) mass is 324 g/mol. The van der Waals surface area contributed by atoms with E-state index in [9.17, 15) is 5.11 Å². The highest BCUT2D eigenvalue weighted by Crippen LogP contribution is 2.37. The Morgan fingerprint density at radius 3 is 1.75 bits per heavy atom. The standard InChI is InChI=1S/C22H28O2/c1-21(23)16-17-22(24-18-21,14-12-19-8-4-2-5-9-19)15-13-20-10-6-3-7-11-20/h2-11,23H,12-18H2,1H3. The summed E-state index contributed by atoms with van der Waals surface area (Å²) in [4.78, 5) is 0. The van der Waals surface area contributed by atoms with Crippen LogP contribution in [0.3, 0.4) is 0 Å². The van der Waals surface area contributed by atoms with Crippen LogP contribution in [0.5, 0.6) is 0 Å². The third-order valence-electron chi connectivity index (χ3n) is 5.23. The maximum atomic E-state index is 10.3. The summed E-state index contributed by atoms with van der Waals surface area (Å²) in [7, 11) is 0. The highest BCUT2D eigenvalue weighted by molar-refractivity contribution is 5.17. The van der Waals surface area contributed by atoms with Crippen LogP contribution in [0.15, 0.2) is 60.7 Å². The number of hydrogen-bond acceptors (Lipinski definition) is 2. The smallest absolute Gasteiger partial charge is 0.0853 e. The van der Waals surface area contributed by atoms with Crippen molar-refractivity contribution in [3.63, 3.8) is 0 Å². The molecule has 3 rings (SSSR count). The first-order valence-corrected chi connectivity index (χ1v) is 9.01. The zero-order chi connectivity index (χ0) is 16.9. The molecule has 24 heavy (non-hydrogen) atoms. The molecule has 2 nitrogen and oxygen atoms in total. The fourth-order valence-corrected chi connectivity index (χ4v) is 3.50. The molecule has 1 heterocycles. The number of benzene rings is 2. The Morgan fingerprint density at radius 1 is 0.833 bits per heavy atom. The van der Waals surface area contributed by atoms with E-state index in [0.29, 0.717) is 6.61 Å². The average Bonchev–Trinajstić information content (AvgIpc) is 2.62. The molecule has 1 unspecified atom stereocenters. The summed E-state index contributed by atoms with van der Waals surface area (Å²) in [6, 6.07) is 21.2. The molecule has 0 amide bonds. The van der Waals surface area contributed by atoms with Crippen molar-refractivity contribution in [1.82, 2.24) is 0 Å². The van der Waals surface area contributed by atoms with Gasteiger partial charge in [-0.1, -0.05) is 60.7 Å². The normalized spacial score (nSPS) is 23.1. The highest BCUT2D eigenvalue weighted by atomic mass is 16.5. The molecule has 128 valence electrons. The van der Waals surface area contributed by atoms with Gasteiger partial charge in [0, 0.05) is 0 Å². The fourth-order valence-electron chi connectivity index (χ4n) is 3.50. The summed E-state index contributed by atoms with van der Waals surface area (Å²) in [5, 5.41) is 10.3. The Balaban J connectivity index is 1.66. The van der Waals surface area contributed by atoms with E-state index in [-0.39, 0.29) is 5.60 Å². The molecule has 0 aliphatic carbocycles. The quantitative estimate of drug-likeness (QED) is 0.844. The van der Waals surface area contributed by atoms with Gasteiger partial charge in [-0.05, 0) is 56.6 Å². The van der Waals surface area contributed by atoms with Crippen LogP contribution in [0, 0.1) is 0 Å². The Hall–Kier alpha value is -1.64. The zero-order valence-electron chi connectivity index (χ0n) is 14.6. The Labute approximate surface area is 145 Å². The molecule has 0 bridgehead atoms. The van der Waals surface area contributed by atoms with E-state index in [0.717, 1.165) is 38.5 Å². The van der Waals surface area contributed by atoms with Gasteiger partial charge in [0.1, 0.15) is 0 Å². The SMILES string of the molecule is CC1(O)CCC(CCc2ccccc2)(CCc2ccccc2)OC1. The summed E-state index contributed by atoms with van der Waals surface area (Å²) in [6.45, 7) is 2.32. The maximum absolute atomic E-state index is 10.3. The van der Waals surface area contributed by atoms with Gasteiger partial charge in [-0.15, -0.1) is 0 Å². The number of hydrogen-bond donors (Lipinski definition) is 1. The minimum atomic E-state index is -0.678. The summed E-state index contributed by atoms with van der Waals surface area (Å²) >= 11 is 0. The topological polar surface area (TPSA) is 29.5 Å². The summed E-state index contributed by atoms with van der Waals surface area (Å²) in [5.41, 5.74) is 1.92. The van der Waals surface area contributed by atoms with Gasteiger partial charge in [0.2, 0.25) is 0 Å². The van der Waals surface area contributed by atoms with Gasteiger partial charge in [0.15, 0.2) is 0 Å². The van der Waals surface area contributed by atoms with Gasteiger partial charge in [-0.25, -0.2) is 0 Å². The molecule has 0 radical (unpaired) electrons. The van der Waals surface area contributed by atoms with Crippen LogP contribution >= 0.6 is 0 Å². The lowest BCUT2D eigenvalue weighted by molar-refractivity contribution is -0.167. The molecule has 0 spiro atoms. The Bertz CT molecular complexity index is 563. The Kier molecular flexibility index (Phi) is 5.37.